The van der Waals surface area contributed by atoms with Gasteiger partial charge < -0.3 is 10.5 Å². The lowest BCUT2D eigenvalue weighted by Gasteiger charge is -2.51. The van der Waals surface area contributed by atoms with Gasteiger partial charge in [-0.15, -0.1) is 0 Å². The second-order valence-electron chi connectivity index (χ2n) is 5.99. The summed E-state index contributed by atoms with van der Waals surface area (Å²) in [4.78, 5) is 2.63. The monoisotopic (exact) mass is 256 g/mol. The van der Waals surface area contributed by atoms with E-state index < -0.39 is 0 Å². The third kappa shape index (κ3) is 3.46. The number of nitrogens with two attached hydrogens (primary N) is 1. The predicted octanol–water partition coefficient (Wildman–Crippen LogP) is 2.79. The molecule has 3 heteroatoms. The van der Waals surface area contributed by atoms with E-state index in [1.54, 1.807) is 0 Å². The highest BCUT2D eigenvalue weighted by molar-refractivity contribution is 5.00. The molecule has 2 unspecified atom stereocenters. The van der Waals surface area contributed by atoms with Crippen molar-refractivity contribution < 1.29 is 4.74 Å². The fourth-order valence-electron chi connectivity index (χ4n) is 3.25. The molecule has 1 fully saturated rings. The van der Waals surface area contributed by atoms with Crippen LogP contribution in [0.3, 0.4) is 0 Å². The molecule has 1 heterocycles. The molecule has 1 aliphatic rings. The molecule has 0 aliphatic carbocycles. The van der Waals surface area contributed by atoms with Crippen molar-refractivity contribution in [3.05, 3.63) is 0 Å². The zero-order chi connectivity index (χ0) is 13.6. The van der Waals surface area contributed by atoms with Gasteiger partial charge in [-0.1, -0.05) is 20.8 Å². The fourth-order valence-corrected chi connectivity index (χ4v) is 3.25. The van der Waals surface area contributed by atoms with Crippen LogP contribution in [0.1, 0.15) is 59.8 Å². The summed E-state index contributed by atoms with van der Waals surface area (Å²) in [5.74, 6) is 0. The van der Waals surface area contributed by atoms with Gasteiger partial charge in [0.05, 0.1) is 5.60 Å². The van der Waals surface area contributed by atoms with Crippen LogP contribution in [0.4, 0.5) is 0 Å². The fraction of sp³-hybridized carbons (Fsp3) is 1.00. The Hall–Kier alpha value is -0.120. The van der Waals surface area contributed by atoms with E-state index in [9.17, 15) is 0 Å². The van der Waals surface area contributed by atoms with Crippen LogP contribution in [0.25, 0.3) is 0 Å². The molecule has 0 spiro atoms. The van der Waals surface area contributed by atoms with E-state index in [0.29, 0.717) is 0 Å². The normalized spacial score (nSPS) is 33.0. The van der Waals surface area contributed by atoms with E-state index in [-0.39, 0.29) is 11.1 Å². The molecule has 3 nitrogen and oxygen atoms in total. The van der Waals surface area contributed by atoms with Gasteiger partial charge >= 0.3 is 0 Å². The average Bonchev–Trinajstić information content (AvgIpc) is 2.38. The molecule has 1 saturated heterocycles. The summed E-state index contributed by atoms with van der Waals surface area (Å²) in [6.07, 6.45) is 5.63. The second-order valence-corrected chi connectivity index (χ2v) is 5.99. The summed E-state index contributed by atoms with van der Waals surface area (Å²) < 4.78 is 6.00. The summed E-state index contributed by atoms with van der Waals surface area (Å²) in [5, 5.41) is 0. The van der Waals surface area contributed by atoms with Gasteiger partial charge in [-0.25, -0.2) is 0 Å². The molecule has 0 bridgehead atoms. The molecule has 1 rings (SSSR count). The summed E-state index contributed by atoms with van der Waals surface area (Å²) in [6, 6.07) is 0. The van der Waals surface area contributed by atoms with Crippen molar-refractivity contribution in [2.24, 2.45) is 5.73 Å². The molecule has 108 valence electrons. The van der Waals surface area contributed by atoms with Crippen LogP contribution in [0.5, 0.6) is 0 Å². The molecule has 2 N–H and O–H groups in total. The van der Waals surface area contributed by atoms with Crippen molar-refractivity contribution in [2.75, 3.05) is 26.2 Å². The van der Waals surface area contributed by atoms with E-state index in [1.165, 1.54) is 12.8 Å². The number of rotatable bonds is 7. The van der Waals surface area contributed by atoms with Crippen LogP contribution >= 0.6 is 0 Å². The first kappa shape index (κ1) is 15.9. The highest BCUT2D eigenvalue weighted by Crippen LogP contribution is 2.38. The molecule has 0 aromatic heterocycles. The van der Waals surface area contributed by atoms with E-state index in [1.807, 2.05) is 0 Å². The summed E-state index contributed by atoms with van der Waals surface area (Å²) >= 11 is 0. The van der Waals surface area contributed by atoms with Crippen LogP contribution in [0.15, 0.2) is 0 Å². The third-order valence-corrected chi connectivity index (χ3v) is 4.51. The molecule has 0 radical (unpaired) electrons. The molecular formula is C15H32N2O. The van der Waals surface area contributed by atoms with Gasteiger partial charge in [-0.2, -0.15) is 0 Å². The summed E-state index contributed by atoms with van der Waals surface area (Å²) in [5.41, 5.74) is 6.35. The largest absolute Gasteiger partial charge is 0.375 e. The van der Waals surface area contributed by atoms with Crippen LogP contribution in [0, 0.1) is 0 Å². The van der Waals surface area contributed by atoms with Gasteiger partial charge in [0.25, 0.3) is 0 Å². The molecule has 2 atom stereocenters. The second kappa shape index (κ2) is 6.88. The highest BCUT2D eigenvalue weighted by atomic mass is 16.5. The van der Waals surface area contributed by atoms with Gasteiger partial charge in [0.1, 0.15) is 0 Å². The molecule has 18 heavy (non-hydrogen) atoms. The summed E-state index contributed by atoms with van der Waals surface area (Å²) in [7, 11) is 0. The third-order valence-electron chi connectivity index (χ3n) is 4.51. The molecule has 0 aromatic carbocycles. The van der Waals surface area contributed by atoms with Gasteiger partial charge in [0, 0.05) is 18.7 Å². The first-order valence-electron chi connectivity index (χ1n) is 7.65. The quantitative estimate of drug-likeness (QED) is 0.761. The van der Waals surface area contributed by atoms with Crippen LogP contribution in [-0.4, -0.2) is 42.3 Å². The molecule has 0 saturated carbocycles. The Morgan fingerprint density at radius 3 is 2.22 bits per heavy atom. The Morgan fingerprint density at radius 2 is 1.78 bits per heavy atom. The first-order chi connectivity index (χ1) is 8.55. The van der Waals surface area contributed by atoms with Crippen molar-refractivity contribution in [1.82, 2.24) is 4.90 Å². The average molecular weight is 256 g/mol. The number of hydrogen-bond acceptors (Lipinski definition) is 3. The maximum absolute atomic E-state index is 6.18. The molecule has 1 aliphatic heterocycles. The molecule has 0 amide bonds. The Labute approximate surface area is 113 Å². The minimum absolute atomic E-state index is 0.0113. The number of nitrogens with zero attached hydrogens (tertiary/aromatic N) is 1. The minimum Gasteiger partial charge on any atom is -0.375 e. The van der Waals surface area contributed by atoms with E-state index in [2.05, 4.69) is 32.6 Å². The Balaban J connectivity index is 2.87. The van der Waals surface area contributed by atoms with Crippen molar-refractivity contribution in [3.8, 4) is 0 Å². The van der Waals surface area contributed by atoms with E-state index >= 15 is 0 Å². The predicted molar refractivity (Wildman–Crippen MR) is 77.8 cm³/mol. The van der Waals surface area contributed by atoms with Gasteiger partial charge in [0.15, 0.2) is 0 Å². The lowest BCUT2D eigenvalue weighted by atomic mass is 9.77. The zero-order valence-electron chi connectivity index (χ0n) is 12.8. The van der Waals surface area contributed by atoms with Crippen molar-refractivity contribution >= 4 is 0 Å². The maximum atomic E-state index is 6.18. The minimum atomic E-state index is 0.0113. The Kier molecular flexibility index (Phi) is 6.09. The van der Waals surface area contributed by atoms with Crippen molar-refractivity contribution in [3.63, 3.8) is 0 Å². The van der Waals surface area contributed by atoms with Crippen LogP contribution in [-0.2, 0) is 4.74 Å². The smallest absolute Gasteiger partial charge is 0.0670 e. The van der Waals surface area contributed by atoms with E-state index in [0.717, 1.165) is 45.5 Å². The maximum Gasteiger partial charge on any atom is 0.0670 e. The van der Waals surface area contributed by atoms with Crippen molar-refractivity contribution in [2.45, 2.75) is 70.9 Å². The lowest BCUT2D eigenvalue weighted by Crippen LogP contribution is -2.61. The Morgan fingerprint density at radius 1 is 1.17 bits per heavy atom. The zero-order valence-corrected chi connectivity index (χ0v) is 12.8. The van der Waals surface area contributed by atoms with Gasteiger partial charge in [0.2, 0.25) is 0 Å². The standard InChI is InChI=1S/C15H32N2O/c1-5-9-17(10-6-2)15(13-16)8-11-18-14(4,7-3)12-15/h5-13,16H2,1-4H3. The molecule has 0 aromatic rings. The van der Waals surface area contributed by atoms with Crippen LogP contribution < -0.4 is 5.73 Å². The molecular weight excluding hydrogens is 224 g/mol. The van der Waals surface area contributed by atoms with Gasteiger partial charge in [-0.05, 0) is 52.1 Å². The van der Waals surface area contributed by atoms with Crippen molar-refractivity contribution in [1.29, 1.82) is 0 Å². The van der Waals surface area contributed by atoms with Crippen LogP contribution in [0.2, 0.25) is 0 Å². The topological polar surface area (TPSA) is 38.5 Å². The number of hydrogen-bond donors (Lipinski definition) is 1. The number of ether oxygens (including phenoxy) is 1. The van der Waals surface area contributed by atoms with E-state index in [4.69, 9.17) is 10.5 Å². The first-order valence-corrected chi connectivity index (χ1v) is 7.65. The summed E-state index contributed by atoms with van der Waals surface area (Å²) in [6.45, 7) is 12.9. The highest BCUT2D eigenvalue weighted by Gasteiger charge is 2.44. The Bertz CT molecular complexity index is 241. The SMILES string of the molecule is CCCN(CCC)C1(CN)CCOC(C)(CC)C1. The lowest BCUT2D eigenvalue weighted by molar-refractivity contribution is -0.129. The van der Waals surface area contributed by atoms with Gasteiger partial charge in [-0.3, -0.25) is 4.90 Å².